The molecule has 0 spiro atoms. The van der Waals surface area contributed by atoms with E-state index in [1.54, 1.807) is 13.0 Å². The van der Waals surface area contributed by atoms with Crippen molar-refractivity contribution in [1.82, 2.24) is 0 Å². The topological polar surface area (TPSA) is 18.5 Å². The van der Waals surface area contributed by atoms with E-state index in [1.807, 2.05) is 0 Å². The average Bonchev–Trinajstić information content (AvgIpc) is 2.95. The zero-order valence-electron chi connectivity index (χ0n) is 23.9. The molecule has 0 fully saturated rings. The van der Waals surface area contributed by atoms with Gasteiger partial charge >= 0.3 is 12.2 Å². The largest absolute Gasteiger partial charge is 0.453 e. The Bertz CT molecular complexity index is 2020. The van der Waals surface area contributed by atoms with E-state index < -0.39 is 86.9 Å². The predicted octanol–water partition coefficient (Wildman–Crippen LogP) is 11.4. The Morgan fingerprint density at radius 1 is 0.562 bits per heavy atom. The summed E-state index contributed by atoms with van der Waals surface area (Å²) in [5.41, 5.74) is -3.96. The monoisotopic (exact) mass is 684 g/mol. The van der Waals surface area contributed by atoms with Gasteiger partial charge in [-0.05, 0) is 65.6 Å². The zero-order chi connectivity index (χ0) is 35.1. The maximum Gasteiger partial charge on any atom is 0.432 e. The highest BCUT2D eigenvalue weighted by molar-refractivity contribution is 5.75. The molecule has 248 valence electrons. The third kappa shape index (κ3) is 6.82. The van der Waals surface area contributed by atoms with Crippen LogP contribution < -0.4 is 9.47 Å². The van der Waals surface area contributed by atoms with Crippen molar-refractivity contribution in [3.63, 3.8) is 0 Å². The van der Waals surface area contributed by atoms with Crippen molar-refractivity contribution in [3.8, 4) is 44.9 Å². The van der Waals surface area contributed by atoms with Crippen molar-refractivity contribution < 1.29 is 62.2 Å². The molecule has 2 nitrogen and oxygen atoms in total. The third-order valence-corrected chi connectivity index (χ3v) is 6.86. The second-order valence-corrected chi connectivity index (χ2v) is 10.2. The van der Waals surface area contributed by atoms with Crippen molar-refractivity contribution in [2.75, 3.05) is 0 Å². The number of hydrogen-bond acceptors (Lipinski definition) is 2. The minimum atomic E-state index is -4.98. The number of benzene rings is 5. The van der Waals surface area contributed by atoms with Gasteiger partial charge in [0.25, 0.3) is 0 Å². The molecule has 0 aromatic heterocycles. The number of halogens is 12. The SMILES string of the molecule is Cc1ccc(-c2ccc(-c3cc(F)c(-c4cc(F)c(C(F)(F)Oc5cc(F)c(OC=C(F)F)c(F)c5)c(F)c4)c(F)c3)c(F)c2)c(F)c1. The van der Waals surface area contributed by atoms with Crippen molar-refractivity contribution in [3.05, 3.63) is 143 Å². The Labute approximate surface area is 263 Å². The van der Waals surface area contributed by atoms with Crippen LogP contribution in [0.5, 0.6) is 11.5 Å². The molecule has 0 amide bonds. The van der Waals surface area contributed by atoms with Crippen LogP contribution in [0, 0.1) is 53.5 Å². The van der Waals surface area contributed by atoms with Gasteiger partial charge in [0.1, 0.15) is 46.2 Å². The van der Waals surface area contributed by atoms with E-state index in [1.165, 1.54) is 18.2 Å². The summed E-state index contributed by atoms with van der Waals surface area (Å²) in [6, 6.07) is 9.26. The molecule has 48 heavy (non-hydrogen) atoms. The van der Waals surface area contributed by atoms with E-state index in [-0.39, 0.29) is 52.8 Å². The van der Waals surface area contributed by atoms with Gasteiger partial charge in [0.2, 0.25) is 0 Å². The predicted molar refractivity (Wildman–Crippen MR) is 149 cm³/mol. The smallest absolute Gasteiger partial charge is 0.432 e. The Hall–Kier alpha value is -5.40. The molecule has 0 atom stereocenters. The normalized spacial score (nSPS) is 11.4. The Kier molecular flexibility index (Phi) is 9.20. The summed E-state index contributed by atoms with van der Waals surface area (Å²) in [6.07, 6.45) is -7.80. The first-order chi connectivity index (χ1) is 22.5. The molecule has 5 rings (SSSR count). The van der Waals surface area contributed by atoms with Crippen LogP contribution in [0.4, 0.5) is 52.7 Å². The second kappa shape index (κ2) is 13.0. The molecule has 5 aromatic rings. The van der Waals surface area contributed by atoms with Gasteiger partial charge in [0.05, 0.1) is 5.56 Å². The molecule has 0 unspecified atom stereocenters. The number of ether oxygens (including phenoxy) is 2. The van der Waals surface area contributed by atoms with Crippen LogP contribution in [0.25, 0.3) is 33.4 Å². The Morgan fingerprint density at radius 3 is 1.60 bits per heavy atom. The standard InChI is InChI=1S/C34H16F12O2/c1-15-2-4-20(22(35)6-15)16-3-5-21(23(36)7-16)17-8-24(37)31(25(38)9-17)18-10-26(39)32(27(40)11-18)34(45,46)48-19-12-28(41)33(29(42)13-19)47-14-30(43)44/h2-14H,1H3. The van der Waals surface area contributed by atoms with E-state index in [9.17, 15) is 39.5 Å². The molecular weight excluding hydrogens is 668 g/mol. The summed E-state index contributed by atoms with van der Waals surface area (Å²) in [6.45, 7) is 1.65. The molecular formula is C34H16F12O2. The highest BCUT2D eigenvalue weighted by Crippen LogP contribution is 2.40. The van der Waals surface area contributed by atoms with Gasteiger partial charge in [-0.15, -0.1) is 0 Å². The summed E-state index contributed by atoms with van der Waals surface area (Å²) < 4.78 is 180. The fraction of sp³-hybridized carbons (Fsp3) is 0.0588. The van der Waals surface area contributed by atoms with Gasteiger partial charge in [-0.2, -0.15) is 17.6 Å². The second-order valence-electron chi connectivity index (χ2n) is 10.2. The van der Waals surface area contributed by atoms with Gasteiger partial charge in [-0.25, -0.2) is 35.1 Å². The Morgan fingerprint density at radius 2 is 1.06 bits per heavy atom. The molecule has 0 N–H and O–H groups in total. The van der Waals surface area contributed by atoms with Crippen molar-refractivity contribution >= 4 is 0 Å². The van der Waals surface area contributed by atoms with Crippen LogP contribution in [-0.4, -0.2) is 0 Å². The molecule has 0 bridgehead atoms. The van der Waals surface area contributed by atoms with Crippen LogP contribution in [0.2, 0.25) is 0 Å². The van der Waals surface area contributed by atoms with E-state index in [0.717, 1.165) is 12.1 Å². The van der Waals surface area contributed by atoms with E-state index >= 15 is 13.2 Å². The van der Waals surface area contributed by atoms with E-state index in [0.29, 0.717) is 17.7 Å². The van der Waals surface area contributed by atoms with Crippen LogP contribution in [0.3, 0.4) is 0 Å². The highest BCUT2D eigenvalue weighted by Gasteiger charge is 2.42. The number of aryl methyl sites for hydroxylation is 1. The van der Waals surface area contributed by atoms with E-state index in [4.69, 9.17) is 0 Å². The molecule has 0 radical (unpaired) electrons. The first-order valence-corrected chi connectivity index (χ1v) is 13.3. The van der Waals surface area contributed by atoms with Gasteiger partial charge in [0, 0.05) is 23.3 Å². The van der Waals surface area contributed by atoms with Crippen LogP contribution in [0.1, 0.15) is 11.1 Å². The van der Waals surface area contributed by atoms with Crippen molar-refractivity contribution in [2.24, 2.45) is 0 Å². The summed E-state index contributed by atoms with van der Waals surface area (Å²) in [7, 11) is 0. The van der Waals surface area contributed by atoms with Gasteiger partial charge < -0.3 is 9.47 Å². The summed E-state index contributed by atoms with van der Waals surface area (Å²) in [4.78, 5) is 0. The van der Waals surface area contributed by atoms with Crippen molar-refractivity contribution in [2.45, 2.75) is 13.0 Å². The highest BCUT2D eigenvalue weighted by atomic mass is 19.3. The lowest BCUT2D eigenvalue weighted by atomic mass is 9.95. The first kappa shape index (κ1) is 33.9. The van der Waals surface area contributed by atoms with Gasteiger partial charge in [-0.1, -0.05) is 24.3 Å². The van der Waals surface area contributed by atoms with Crippen LogP contribution >= 0.6 is 0 Å². The molecule has 14 heteroatoms. The average molecular weight is 684 g/mol. The minimum absolute atomic E-state index is 0.0595. The Balaban J connectivity index is 1.44. The third-order valence-electron chi connectivity index (χ3n) is 6.86. The van der Waals surface area contributed by atoms with Crippen molar-refractivity contribution in [1.29, 1.82) is 0 Å². The molecule has 0 saturated heterocycles. The lowest BCUT2D eigenvalue weighted by Gasteiger charge is -2.20. The number of rotatable bonds is 8. The minimum Gasteiger partial charge on any atom is -0.453 e. The zero-order valence-corrected chi connectivity index (χ0v) is 23.9. The quantitative estimate of drug-likeness (QED) is 0.120. The molecule has 0 heterocycles. The molecule has 5 aromatic carbocycles. The fourth-order valence-corrected chi connectivity index (χ4v) is 4.78. The lowest BCUT2D eigenvalue weighted by Crippen LogP contribution is -2.25. The molecule has 0 aliphatic heterocycles. The van der Waals surface area contributed by atoms with E-state index in [2.05, 4.69) is 9.47 Å². The van der Waals surface area contributed by atoms with Gasteiger partial charge in [0.15, 0.2) is 23.6 Å². The molecule has 0 saturated carbocycles. The van der Waals surface area contributed by atoms with Gasteiger partial charge in [-0.3, -0.25) is 0 Å². The van der Waals surface area contributed by atoms with Crippen LogP contribution in [-0.2, 0) is 6.11 Å². The molecule has 0 aliphatic rings. The number of hydrogen-bond donors (Lipinski definition) is 0. The summed E-state index contributed by atoms with van der Waals surface area (Å²) >= 11 is 0. The lowest BCUT2D eigenvalue weighted by molar-refractivity contribution is -0.189. The summed E-state index contributed by atoms with van der Waals surface area (Å²) in [5.74, 6) is -15.1. The first-order valence-electron chi connectivity index (χ1n) is 13.3. The molecule has 0 aliphatic carbocycles. The maximum atomic E-state index is 15.2. The summed E-state index contributed by atoms with van der Waals surface area (Å²) in [5, 5.41) is 0. The van der Waals surface area contributed by atoms with Crippen LogP contribution in [0.15, 0.2) is 85.1 Å². The number of alkyl halides is 2. The maximum absolute atomic E-state index is 15.2. The fourth-order valence-electron chi connectivity index (χ4n) is 4.78.